The molecule has 2 rings (SSSR count). The van der Waals surface area contributed by atoms with Gasteiger partial charge in [-0.15, -0.1) is 0 Å². The van der Waals surface area contributed by atoms with Gasteiger partial charge in [0.15, 0.2) is 0 Å². The topological polar surface area (TPSA) is 35.8 Å². The van der Waals surface area contributed by atoms with Gasteiger partial charge in [-0.05, 0) is 36.4 Å². The van der Waals surface area contributed by atoms with Crippen molar-refractivity contribution in [1.82, 2.24) is 0 Å². The Balaban J connectivity index is 2.40. The molecular weight excluding hydrogens is 379 g/mol. The number of hydrogen-bond donors (Lipinski definition) is 1. The molecule has 0 amide bonds. The lowest BCUT2D eigenvalue weighted by atomic mass is 10.2. The number of rotatable bonds is 2. The summed E-state index contributed by atoms with van der Waals surface area (Å²) in [5, 5.41) is 12.8. The van der Waals surface area contributed by atoms with E-state index >= 15 is 0 Å². The van der Waals surface area contributed by atoms with E-state index in [1.807, 2.05) is 24.3 Å². The van der Waals surface area contributed by atoms with Crippen molar-refractivity contribution in [3.8, 4) is 6.07 Å². The summed E-state index contributed by atoms with van der Waals surface area (Å²) >= 11 is 12.9. The number of halogens is 3. The Morgan fingerprint density at radius 1 is 1.00 bits per heavy atom. The molecule has 0 aliphatic rings. The van der Waals surface area contributed by atoms with E-state index in [4.69, 9.17) is 16.9 Å². The van der Waals surface area contributed by atoms with Crippen molar-refractivity contribution in [2.45, 2.75) is 0 Å². The van der Waals surface area contributed by atoms with Crippen molar-refractivity contribution in [2.24, 2.45) is 0 Å². The minimum Gasteiger partial charge on any atom is -0.353 e. The van der Waals surface area contributed by atoms with Crippen LogP contribution in [-0.2, 0) is 0 Å². The lowest BCUT2D eigenvalue weighted by Crippen LogP contribution is -1.94. The van der Waals surface area contributed by atoms with E-state index in [0.717, 1.165) is 20.3 Å². The molecule has 0 radical (unpaired) electrons. The van der Waals surface area contributed by atoms with Crippen molar-refractivity contribution in [1.29, 1.82) is 5.26 Å². The van der Waals surface area contributed by atoms with Crippen LogP contribution in [0.25, 0.3) is 0 Å². The molecule has 5 heteroatoms. The fourth-order valence-electron chi connectivity index (χ4n) is 1.45. The molecule has 18 heavy (non-hydrogen) atoms. The number of nitrogens with one attached hydrogen (secondary N) is 1. The Bertz CT molecular complexity index is 635. The zero-order valence-electron chi connectivity index (χ0n) is 9.05. The molecule has 0 fully saturated rings. The number of anilines is 2. The number of hydrogen-bond acceptors (Lipinski definition) is 2. The average Bonchev–Trinajstić information content (AvgIpc) is 2.33. The van der Waals surface area contributed by atoms with Crippen LogP contribution in [-0.4, -0.2) is 0 Å². The van der Waals surface area contributed by atoms with Crippen LogP contribution in [0.5, 0.6) is 0 Å². The van der Waals surface area contributed by atoms with Gasteiger partial charge in [-0.2, -0.15) is 5.26 Å². The summed E-state index contributed by atoms with van der Waals surface area (Å²) in [4.78, 5) is 0. The monoisotopic (exact) mass is 384 g/mol. The lowest BCUT2D eigenvalue weighted by molar-refractivity contribution is 1.45. The fourth-order valence-corrected chi connectivity index (χ4v) is 2.54. The molecule has 0 unspecified atom stereocenters. The van der Waals surface area contributed by atoms with Gasteiger partial charge < -0.3 is 5.32 Å². The summed E-state index contributed by atoms with van der Waals surface area (Å²) < 4.78 is 1.81. The first kappa shape index (κ1) is 13.4. The molecule has 0 aliphatic carbocycles. The van der Waals surface area contributed by atoms with E-state index in [9.17, 15) is 0 Å². The van der Waals surface area contributed by atoms with Gasteiger partial charge >= 0.3 is 0 Å². The Morgan fingerprint density at radius 3 is 2.33 bits per heavy atom. The normalized spacial score (nSPS) is 9.89. The standard InChI is InChI=1S/C13H7Br2ClN2/c14-9-3-4-12(11(16)5-9)18-13-6-10(15)2-1-8(13)7-17/h1-6,18H. The van der Waals surface area contributed by atoms with Crippen molar-refractivity contribution in [2.75, 3.05) is 5.32 Å². The van der Waals surface area contributed by atoms with Gasteiger partial charge in [0.25, 0.3) is 0 Å². The third kappa shape index (κ3) is 3.05. The van der Waals surface area contributed by atoms with Crippen LogP contribution in [0.15, 0.2) is 45.3 Å². The first-order valence-corrected chi connectivity index (χ1v) is 6.98. The molecule has 90 valence electrons. The van der Waals surface area contributed by atoms with Gasteiger partial charge in [-0.1, -0.05) is 43.5 Å². The maximum absolute atomic E-state index is 9.05. The highest BCUT2D eigenvalue weighted by Gasteiger charge is 2.06. The average molecular weight is 386 g/mol. The minimum atomic E-state index is 0.567. The summed E-state index contributed by atoms with van der Waals surface area (Å²) in [7, 11) is 0. The molecule has 0 aromatic heterocycles. The Morgan fingerprint density at radius 2 is 1.67 bits per heavy atom. The summed E-state index contributed by atoms with van der Waals surface area (Å²) in [6.45, 7) is 0. The zero-order chi connectivity index (χ0) is 13.1. The van der Waals surface area contributed by atoms with E-state index in [1.54, 1.807) is 12.1 Å². The first-order chi connectivity index (χ1) is 8.60. The number of nitrogens with zero attached hydrogens (tertiary/aromatic N) is 1. The maximum atomic E-state index is 9.05. The van der Waals surface area contributed by atoms with Crippen LogP contribution in [0, 0.1) is 11.3 Å². The second-order valence-electron chi connectivity index (χ2n) is 3.55. The van der Waals surface area contributed by atoms with Crippen LogP contribution >= 0.6 is 43.5 Å². The summed E-state index contributed by atoms with van der Waals surface area (Å²) in [5.41, 5.74) is 2.04. The molecule has 0 spiro atoms. The van der Waals surface area contributed by atoms with E-state index in [-0.39, 0.29) is 0 Å². The summed E-state index contributed by atoms with van der Waals surface area (Å²) in [6, 6.07) is 13.1. The van der Waals surface area contributed by atoms with E-state index in [1.165, 1.54) is 0 Å². The molecule has 0 bridgehead atoms. The fraction of sp³-hybridized carbons (Fsp3) is 0. The van der Waals surface area contributed by atoms with Gasteiger partial charge in [0.2, 0.25) is 0 Å². The highest BCUT2D eigenvalue weighted by atomic mass is 79.9. The molecule has 2 aromatic carbocycles. The highest BCUT2D eigenvalue weighted by molar-refractivity contribution is 9.10. The van der Waals surface area contributed by atoms with Crippen molar-refractivity contribution >= 4 is 54.8 Å². The molecule has 0 saturated heterocycles. The lowest BCUT2D eigenvalue weighted by Gasteiger charge is -2.10. The predicted octanol–water partition coefficient (Wildman–Crippen LogP) is 5.48. The van der Waals surface area contributed by atoms with Crippen molar-refractivity contribution in [3.05, 3.63) is 55.9 Å². The van der Waals surface area contributed by atoms with E-state index in [2.05, 4.69) is 43.2 Å². The SMILES string of the molecule is N#Cc1ccc(Br)cc1Nc1ccc(Br)cc1Cl. The van der Waals surface area contributed by atoms with Crippen LogP contribution in [0.2, 0.25) is 5.02 Å². The molecule has 2 nitrogen and oxygen atoms in total. The molecule has 1 N–H and O–H groups in total. The van der Waals surface area contributed by atoms with Gasteiger partial charge in [-0.3, -0.25) is 0 Å². The van der Waals surface area contributed by atoms with Gasteiger partial charge in [0.1, 0.15) is 6.07 Å². The number of benzene rings is 2. The predicted molar refractivity (Wildman–Crippen MR) is 81.3 cm³/mol. The second-order valence-corrected chi connectivity index (χ2v) is 5.79. The number of nitriles is 1. The molecule has 0 aliphatic heterocycles. The Hall–Kier alpha value is -1.02. The Labute approximate surface area is 127 Å². The first-order valence-electron chi connectivity index (χ1n) is 5.02. The highest BCUT2D eigenvalue weighted by Crippen LogP contribution is 2.30. The third-order valence-corrected chi connectivity index (χ3v) is 3.60. The quantitative estimate of drug-likeness (QED) is 0.742. The van der Waals surface area contributed by atoms with Crippen molar-refractivity contribution in [3.63, 3.8) is 0 Å². The summed E-state index contributed by atoms with van der Waals surface area (Å²) in [6.07, 6.45) is 0. The van der Waals surface area contributed by atoms with Crippen LogP contribution in [0.1, 0.15) is 5.56 Å². The minimum absolute atomic E-state index is 0.567. The van der Waals surface area contributed by atoms with Gasteiger partial charge in [0.05, 0.1) is 22.0 Å². The third-order valence-electron chi connectivity index (χ3n) is 2.30. The Kier molecular flexibility index (Phi) is 4.28. The molecule has 0 saturated carbocycles. The van der Waals surface area contributed by atoms with E-state index < -0.39 is 0 Å². The second kappa shape index (κ2) is 5.75. The largest absolute Gasteiger partial charge is 0.353 e. The zero-order valence-corrected chi connectivity index (χ0v) is 13.0. The van der Waals surface area contributed by atoms with Crippen LogP contribution < -0.4 is 5.32 Å². The van der Waals surface area contributed by atoms with Gasteiger partial charge in [0, 0.05) is 8.95 Å². The van der Waals surface area contributed by atoms with Crippen LogP contribution in [0.3, 0.4) is 0 Å². The molecular formula is C13H7Br2ClN2. The molecule has 0 heterocycles. The van der Waals surface area contributed by atoms with Crippen LogP contribution in [0.4, 0.5) is 11.4 Å². The molecule has 2 aromatic rings. The van der Waals surface area contributed by atoms with E-state index in [0.29, 0.717) is 10.6 Å². The van der Waals surface area contributed by atoms with Gasteiger partial charge in [-0.25, -0.2) is 0 Å². The summed E-state index contributed by atoms with van der Waals surface area (Å²) in [5.74, 6) is 0. The smallest absolute Gasteiger partial charge is 0.101 e. The maximum Gasteiger partial charge on any atom is 0.101 e. The van der Waals surface area contributed by atoms with Crippen molar-refractivity contribution < 1.29 is 0 Å². The molecule has 0 atom stereocenters.